The molecule has 5 aromatic carbocycles. The monoisotopic (exact) mass is 789 g/mol. The highest BCUT2D eigenvalue weighted by Gasteiger charge is 2.35. The number of amidine groups is 1. The van der Waals surface area contributed by atoms with E-state index in [1.54, 1.807) is 0 Å². The molecule has 3 aliphatic rings. The molecule has 0 spiro atoms. The van der Waals surface area contributed by atoms with Gasteiger partial charge in [-0.3, -0.25) is 4.79 Å². The molecule has 0 radical (unpaired) electrons. The van der Waals surface area contributed by atoms with Crippen molar-refractivity contribution in [3.8, 4) is 11.5 Å². The summed E-state index contributed by atoms with van der Waals surface area (Å²) in [6.07, 6.45) is 3.97. The van der Waals surface area contributed by atoms with Crippen molar-refractivity contribution in [2.75, 3.05) is 24.6 Å². The van der Waals surface area contributed by atoms with Gasteiger partial charge in [-0.2, -0.15) is 0 Å². The minimum Gasteiger partial charge on any atom is -0.490 e. The van der Waals surface area contributed by atoms with Crippen LogP contribution in [0, 0.1) is 0 Å². The van der Waals surface area contributed by atoms with Crippen LogP contribution in [0.15, 0.2) is 124 Å². The third kappa shape index (κ3) is 7.25. The number of rotatable bonds is 9. The van der Waals surface area contributed by atoms with E-state index in [9.17, 15) is 4.79 Å². The largest absolute Gasteiger partial charge is 0.490 e. The molecule has 1 N–H and O–H groups in total. The third-order valence-electron chi connectivity index (χ3n) is 9.81. The molecular formula is C43H37BrClN3O3S. The molecule has 8 rings (SSSR count). The number of thioether (sulfide) groups is 1. The summed E-state index contributed by atoms with van der Waals surface area (Å²) in [4.78, 5) is 21.5. The quantitative estimate of drug-likeness (QED) is 0.151. The molecule has 3 aliphatic heterocycles. The first-order valence-corrected chi connectivity index (χ1v) is 19.6. The molecule has 0 aromatic heterocycles. The molecule has 1 fully saturated rings. The molecule has 0 aliphatic carbocycles. The molecule has 6 nitrogen and oxygen atoms in total. The number of carbonyl (C=O) groups is 1. The lowest BCUT2D eigenvalue weighted by molar-refractivity contribution is -0.115. The highest BCUT2D eigenvalue weighted by atomic mass is 79.9. The first kappa shape index (κ1) is 34.6. The Bertz CT molecular complexity index is 2100. The van der Waals surface area contributed by atoms with E-state index in [1.807, 2.05) is 49.4 Å². The molecule has 1 saturated heterocycles. The van der Waals surface area contributed by atoms with Crippen LogP contribution in [0.2, 0.25) is 5.02 Å². The van der Waals surface area contributed by atoms with Crippen LogP contribution >= 0.6 is 39.3 Å². The Morgan fingerprint density at radius 3 is 2.13 bits per heavy atom. The lowest BCUT2D eigenvalue weighted by Gasteiger charge is -2.43. The van der Waals surface area contributed by atoms with Gasteiger partial charge in [0.2, 0.25) is 0 Å². The predicted octanol–water partition coefficient (Wildman–Crippen LogP) is 10.8. The summed E-state index contributed by atoms with van der Waals surface area (Å²) in [6, 6.07) is 37.5. The summed E-state index contributed by atoms with van der Waals surface area (Å²) in [6.45, 7) is 4.82. The Morgan fingerprint density at radius 1 is 0.885 bits per heavy atom. The van der Waals surface area contributed by atoms with Gasteiger partial charge in [0.15, 0.2) is 16.7 Å². The maximum Gasteiger partial charge on any atom is 0.264 e. The van der Waals surface area contributed by atoms with Gasteiger partial charge in [0, 0.05) is 35.6 Å². The number of benzene rings is 5. The highest BCUT2D eigenvalue weighted by molar-refractivity contribution is 9.10. The van der Waals surface area contributed by atoms with Crippen molar-refractivity contribution in [2.24, 2.45) is 4.99 Å². The number of ether oxygens (including phenoxy) is 2. The van der Waals surface area contributed by atoms with Crippen LogP contribution in [0.25, 0.3) is 6.08 Å². The topological polar surface area (TPSA) is 63.2 Å². The number of halogens is 2. The maximum absolute atomic E-state index is 13.3. The zero-order valence-electron chi connectivity index (χ0n) is 28.7. The molecule has 0 unspecified atom stereocenters. The molecule has 3 heterocycles. The van der Waals surface area contributed by atoms with Crippen LogP contribution in [0.4, 0.5) is 11.4 Å². The van der Waals surface area contributed by atoms with Gasteiger partial charge in [0.25, 0.3) is 5.91 Å². The van der Waals surface area contributed by atoms with E-state index in [0.717, 1.165) is 47.2 Å². The summed E-state index contributed by atoms with van der Waals surface area (Å²) in [5.41, 5.74) is 9.27. The van der Waals surface area contributed by atoms with Gasteiger partial charge in [-0.15, -0.1) is 0 Å². The summed E-state index contributed by atoms with van der Waals surface area (Å²) in [5, 5.41) is 4.26. The smallest absolute Gasteiger partial charge is 0.264 e. The zero-order valence-corrected chi connectivity index (χ0v) is 31.8. The van der Waals surface area contributed by atoms with Crippen LogP contribution in [-0.4, -0.2) is 30.8 Å². The highest BCUT2D eigenvalue weighted by Crippen LogP contribution is 2.50. The summed E-state index contributed by atoms with van der Waals surface area (Å²) >= 11 is 11.1. The maximum atomic E-state index is 13.3. The average molecular weight is 791 g/mol. The number of nitrogens with zero attached hydrogens (tertiary/aromatic N) is 2. The number of anilines is 1. The molecule has 2 atom stereocenters. The number of hydrogen-bond acceptors (Lipinski definition) is 6. The molecule has 1 amide bonds. The standard InChI is InChI=1S/C43H37BrClN3O3S/c1-2-50-38-22-28(21-37(44)41(38)51-26-27-13-15-31(45)16-14-27)23-39-42(49)47-43(52-39)46-32-24-35-33(29-9-5-3-6-10-29)17-19-48-20-18-34(36(25-32)40(35)48)30-11-7-4-8-12-30/h3-16,21-25,33-34H,2,17-20,26H2,1H3,(H,46,47,49)/b39-23-/t33-,34-/m0/s1. The van der Waals surface area contributed by atoms with Crippen molar-refractivity contribution >= 4 is 67.8 Å². The van der Waals surface area contributed by atoms with Gasteiger partial charge in [-0.05, 0) is 123 Å². The summed E-state index contributed by atoms with van der Waals surface area (Å²) in [7, 11) is 0. The Balaban J connectivity index is 1.11. The van der Waals surface area contributed by atoms with Crippen LogP contribution in [0.1, 0.15) is 65.0 Å². The second-order valence-corrected chi connectivity index (χ2v) is 15.4. The summed E-state index contributed by atoms with van der Waals surface area (Å²) < 4.78 is 12.9. The first-order chi connectivity index (χ1) is 25.4. The Hall–Kier alpha value is -4.50. The Labute approximate surface area is 322 Å². The third-order valence-corrected chi connectivity index (χ3v) is 11.6. The van der Waals surface area contributed by atoms with E-state index in [1.165, 1.54) is 39.7 Å². The summed E-state index contributed by atoms with van der Waals surface area (Å²) in [5.74, 6) is 1.56. The fourth-order valence-corrected chi connectivity index (χ4v) is 9.01. The lowest BCUT2D eigenvalue weighted by Crippen LogP contribution is -2.37. The van der Waals surface area contributed by atoms with Crippen molar-refractivity contribution in [3.63, 3.8) is 0 Å². The van der Waals surface area contributed by atoms with Gasteiger partial charge >= 0.3 is 0 Å². The number of amides is 1. The van der Waals surface area contributed by atoms with Gasteiger partial charge < -0.3 is 19.7 Å². The SMILES string of the molecule is CCOc1cc(/C=C2\SC(=Nc3cc4c5c(c3)[C@H](c3ccccc3)CCN5CC[C@H]4c3ccccc3)NC2=O)cc(Br)c1OCc1ccc(Cl)cc1. The van der Waals surface area contributed by atoms with Crippen molar-refractivity contribution < 1.29 is 14.3 Å². The van der Waals surface area contributed by atoms with E-state index in [-0.39, 0.29) is 17.7 Å². The second-order valence-electron chi connectivity index (χ2n) is 13.1. The van der Waals surface area contributed by atoms with E-state index in [4.69, 9.17) is 26.1 Å². The zero-order chi connectivity index (χ0) is 35.6. The molecular weight excluding hydrogens is 754 g/mol. The van der Waals surface area contributed by atoms with Crippen LogP contribution in [0.5, 0.6) is 11.5 Å². The van der Waals surface area contributed by atoms with Gasteiger partial charge in [-0.25, -0.2) is 4.99 Å². The number of carbonyl (C=O) groups excluding carboxylic acids is 1. The van der Waals surface area contributed by atoms with Crippen molar-refractivity contribution in [1.82, 2.24) is 5.32 Å². The average Bonchev–Trinajstić information content (AvgIpc) is 3.50. The number of hydrogen-bond donors (Lipinski definition) is 1. The van der Waals surface area contributed by atoms with E-state index >= 15 is 0 Å². The predicted molar refractivity (Wildman–Crippen MR) is 216 cm³/mol. The minimum absolute atomic E-state index is 0.185. The van der Waals surface area contributed by atoms with E-state index < -0.39 is 0 Å². The van der Waals surface area contributed by atoms with E-state index in [2.05, 4.69) is 98.9 Å². The van der Waals surface area contributed by atoms with Crippen LogP contribution in [-0.2, 0) is 11.4 Å². The number of aliphatic imine (C=N–C) groups is 1. The molecule has 52 heavy (non-hydrogen) atoms. The van der Waals surface area contributed by atoms with Crippen molar-refractivity contribution in [2.45, 2.75) is 38.2 Å². The second kappa shape index (κ2) is 15.2. The molecule has 9 heteroatoms. The molecule has 5 aromatic rings. The first-order valence-electron chi connectivity index (χ1n) is 17.6. The fraction of sp³-hybridized carbons (Fsp3) is 0.209. The van der Waals surface area contributed by atoms with Gasteiger partial charge in [0.05, 0.1) is 21.7 Å². The van der Waals surface area contributed by atoms with E-state index in [0.29, 0.717) is 39.8 Å². The normalized spacial score (nSPS) is 19.4. The fourth-order valence-electron chi connectivity index (χ4n) is 7.46. The minimum atomic E-state index is -0.185. The van der Waals surface area contributed by atoms with Crippen LogP contribution in [0.3, 0.4) is 0 Å². The molecule has 262 valence electrons. The molecule has 0 saturated carbocycles. The molecule has 0 bridgehead atoms. The number of nitrogens with one attached hydrogen (secondary N) is 1. The van der Waals surface area contributed by atoms with Crippen LogP contribution < -0.4 is 19.7 Å². The Morgan fingerprint density at radius 2 is 1.52 bits per heavy atom. The van der Waals surface area contributed by atoms with Crippen molar-refractivity contribution in [1.29, 1.82) is 0 Å². The van der Waals surface area contributed by atoms with Crippen molar-refractivity contribution in [3.05, 3.63) is 157 Å². The van der Waals surface area contributed by atoms with Gasteiger partial charge in [-0.1, -0.05) is 84.4 Å². The van der Waals surface area contributed by atoms with Gasteiger partial charge in [0.1, 0.15) is 6.61 Å². The Kier molecular flexibility index (Phi) is 10.1. The lowest BCUT2D eigenvalue weighted by atomic mass is 9.76.